The molecule has 4 heteroatoms. The van der Waals surface area contributed by atoms with Gasteiger partial charge in [0.25, 0.3) is 0 Å². The number of nitriles is 1. The summed E-state index contributed by atoms with van der Waals surface area (Å²) < 4.78 is 18.1. The van der Waals surface area contributed by atoms with E-state index in [9.17, 15) is 4.39 Å². The molecule has 1 aromatic carbocycles. The third-order valence-corrected chi connectivity index (χ3v) is 2.01. The van der Waals surface area contributed by atoms with Crippen LogP contribution in [0.2, 0.25) is 0 Å². The van der Waals surface area contributed by atoms with Crippen LogP contribution in [-0.4, -0.2) is 19.8 Å². The summed E-state index contributed by atoms with van der Waals surface area (Å²) in [6.07, 6.45) is 0. The highest BCUT2D eigenvalue weighted by atomic mass is 19.1. The number of hydrogen-bond acceptors (Lipinski definition) is 3. The third kappa shape index (κ3) is 4.66. The van der Waals surface area contributed by atoms with E-state index in [4.69, 9.17) is 10.00 Å². The fourth-order valence-corrected chi connectivity index (χ4v) is 1.27. The standard InChI is InChI=1S/C13H15FN2O/c1-10(2)9-17-6-5-16-13-4-3-12(14)7-11(13)8-15/h3-4,7,16H,1,5-6,9H2,2H3. The molecule has 17 heavy (non-hydrogen) atoms. The van der Waals surface area contributed by atoms with Crippen molar-refractivity contribution >= 4 is 5.69 Å². The summed E-state index contributed by atoms with van der Waals surface area (Å²) >= 11 is 0. The first-order valence-corrected chi connectivity index (χ1v) is 5.29. The molecule has 0 aliphatic rings. The van der Waals surface area contributed by atoms with Crippen molar-refractivity contribution in [2.75, 3.05) is 25.1 Å². The molecule has 0 bridgehead atoms. The van der Waals surface area contributed by atoms with Crippen LogP contribution >= 0.6 is 0 Å². The van der Waals surface area contributed by atoms with E-state index in [1.54, 1.807) is 6.07 Å². The number of nitrogens with one attached hydrogen (secondary N) is 1. The molecule has 0 radical (unpaired) electrons. The minimum absolute atomic E-state index is 0.296. The third-order valence-electron chi connectivity index (χ3n) is 2.01. The zero-order valence-electron chi connectivity index (χ0n) is 9.79. The van der Waals surface area contributed by atoms with E-state index in [1.165, 1.54) is 12.1 Å². The summed E-state index contributed by atoms with van der Waals surface area (Å²) in [6, 6.07) is 6.01. The molecule has 0 saturated heterocycles. The highest BCUT2D eigenvalue weighted by Crippen LogP contribution is 2.15. The van der Waals surface area contributed by atoms with Gasteiger partial charge >= 0.3 is 0 Å². The average Bonchev–Trinajstić information content (AvgIpc) is 2.29. The highest BCUT2D eigenvalue weighted by molar-refractivity contribution is 5.57. The first-order chi connectivity index (χ1) is 8.13. The summed E-state index contributed by atoms with van der Waals surface area (Å²) in [5.41, 5.74) is 1.88. The summed E-state index contributed by atoms with van der Waals surface area (Å²) in [6.45, 7) is 7.20. The first kappa shape index (κ1) is 13.2. The Morgan fingerprint density at radius 2 is 2.35 bits per heavy atom. The van der Waals surface area contributed by atoms with Gasteiger partial charge in [-0.2, -0.15) is 5.26 Å². The molecule has 0 aromatic heterocycles. The lowest BCUT2D eigenvalue weighted by molar-refractivity contribution is 0.167. The Morgan fingerprint density at radius 1 is 1.59 bits per heavy atom. The Balaban J connectivity index is 2.42. The molecular formula is C13H15FN2O. The lowest BCUT2D eigenvalue weighted by Crippen LogP contribution is -2.11. The van der Waals surface area contributed by atoms with Crippen molar-refractivity contribution in [2.24, 2.45) is 0 Å². The second kappa shape index (κ2) is 6.66. The van der Waals surface area contributed by atoms with Crippen molar-refractivity contribution < 1.29 is 9.13 Å². The topological polar surface area (TPSA) is 45.0 Å². The van der Waals surface area contributed by atoms with Crippen LogP contribution in [0.1, 0.15) is 12.5 Å². The number of ether oxygens (including phenoxy) is 1. The first-order valence-electron chi connectivity index (χ1n) is 5.29. The number of nitrogens with zero attached hydrogens (tertiary/aromatic N) is 1. The highest BCUT2D eigenvalue weighted by Gasteiger charge is 2.02. The Hall–Kier alpha value is -1.86. The predicted molar refractivity (Wildman–Crippen MR) is 65.2 cm³/mol. The monoisotopic (exact) mass is 234 g/mol. The summed E-state index contributed by atoms with van der Waals surface area (Å²) in [7, 11) is 0. The molecule has 0 unspecified atom stereocenters. The molecular weight excluding hydrogens is 219 g/mol. The van der Waals surface area contributed by atoms with E-state index in [1.807, 2.05) is 13.0 Å². The van der Waals surface area contributed by atoms with E-state index in [0.29, 0.717) is 31.0 Å². The van der Waals surface area contributed by atoms with Crippen LogP contribution in [0, 0.1) is 17.1 Å². The molecule has 90 valence electrons. The largest absolute Gasteiger partial charge is 0.382 e. The molecule has 1 aromatic rings. The van der Waals surface area contributed by atoms with Gasteiger partial charge in [-0.1, -0.05) is 12.2 Å². The van der Waals surface area contributed by atoms with Crippen molar-refractivity contribution in [3.63, 3.8) is 0 Å². The lowest BCUT2D eigenvalue weighted by Gasteiger charge is -2.08. The summed E-state index contributed by atoms with van der Waals surface area (Å²) in [5.74, 6) is -0.411. The SMILES string of the molecule is C=C(C)COCCNc1ccc(F)cc1C#N. The zero-order valence-corrected chi connectivity index (χ0v) is 9.79. The fraction of sp³-hybridized carbons (Fsp3) is 0.308. The van der Waals surface area contributed by atoms with Crippen molar-refractivity contribution in [1.82, 2.24) is 0 Å². The van der Waals surface area contributed by atoms with E-state index < -0.39 is 5.82 Å². The van der Waals surface area contributed by atoms with E-state index in [2.05, 4.69) is 11.9 Å². The molecule has 0 saturated carbocycles. The maximum atomic E-state index is 12.9. The average molecular weight is 234 g/mol. The van der Waals surface area contributed by atoms with Gasteiger partial charge in [0.1, 0.15) is 11.9 Å². The van der Waals surface area contributed by atoms with Crippen molar-refractivity contribution in [3.05, 3.63) is 41.7 Å². The number of benzene rings is 1. The zero-order chi connectivity index (χ0) is 12.7. The van der Waals surface area contributed by atoms with E-state index >= 15 is 0 Å². The van der Waals surface area contributed by atoms with E-state index in [0.717, 1.165) is 5.57 Å². The molecule has 0 amide bonds. The van der Waals surface area contributed by atoms with Crippen LogP contribution < -0.4 is 5.32 Å². The van der Waals surface area contributed by atoms with Gasteiger partial charge in [0.15, 0.2) is 0 Å². The van der Waals surface area contributed by atoms with Gasteiger partial charge in [0, 0.05) is 6.54 Å². The van der Waals surface area contributed by atoms with Crippen LogP contribution in [0.25, 0.3) is 0 Å². The van der Waals surface area contributed by atoms with Crippen LogP contribution in [-0.2, 0) is 4.74 Å². The van der Waals surface area contributed by atoms with E-state index in [-0.39, 0.29) is 0 Å². The van der Waals surface area contributed by atoms with Crippen molar-refractivity contribution in [3.8, 4) is 6.07 Å². The lowest BCUT2D eigenvalue weighted by atomic mass is 10.2. The van der Waals surface area contributed by atoms with Crippen molar-refractivity contribution in [1.29, 1.82) is 5.26 Å². The molecule has 1 N–H and O–H groups in total. The van der Waals surface area contributed by atoms with Gasteiger partial charge in [-0.3, -0.25) is 0 Å². The number of halogens is 1. The molecule has 0 heterocycles. The smallest absolute Gasteiger partial charge is 0.124 e. The Bertz CT molecular complexity index is 438. The number of hydrogen-bond donors (Lipinski definition) is 1. The van der Waals surface area contributed by atoms with Crippen LogP contribution in [0.5, 0.6) is 0 Å². The maximum Gasteiger partial charge on any atom is 0.124 e. The molecule has 0 atom stereocenters. The van der Waals surface area contributed by atoms with Gasteiger partial charge in [-0.25, -0.2) is 4.39 Å². The van der Waals surface area contributed by atoms with Crippen molar-refractivity contribution in [2.45, 2.75) is 6.92 Å². The molecule has 0 aliphatic heterocycles. The van der Waals surface area contributed by atoms with Crippen LogP contribution in [0.15, 0.2) is 30.4 Å². The van der Waals surface area contributed by atoms with Gasteiger partial charge in [-0.15, -0.1) is 0 Å². The van der Waals surface area contributed by atoms with Gasteiger partial charge in [0.2, 0.25) is 0 Å². The second-order valence-electron chi connectivity index (χ2n) is 3.74. The number of anilines is 1. The normalized spacial score (nSPS) is 9.71. The Kier molecular flexibility index (Phi) is 5.18. The van der Waals surface area contributed by atoms with Gasteiger partial charge in [0.05, 0.1) is 24.5 Å². The van der Waals surface area contributed by atoms with Crippen LogP contribution in [0.3, 0.4) is 0 Å². The quantitative estimate of drug-likeness (QED) is 0.608. The Morgan fingerprint density at radius 3 is 3.00 bits per heavy atom. The summed E-state index contributed by atoms with van der Waals surface area (Å²) in [5, 5.41) is 11.8. The van der Waals surface area contributed by atoms with Gasteiger partial charge < -0.3 is 10.1 Å². The summed E-state index contributed by atoms with van der Waals surface area (Å²) in [4.78, 5) is 0. The Labute approximate surface area is 101 Å². The second-order valence-corrected chi connectivity index (χ2v) is 3.74. The maximum absolute atomic E-state index is 12.9. The molecule has 3 nitrogen and oxygen atoms in total. The molecule has 1 rings (SSSR count). The fourth-order valence-electron chi connectivity index (χ4n) is 1.27. The molecule has 0 fully saturated rings. The molecule has 0 aliphatic carbocycles. The number of rotatable bonds is 6. The van der Waals surface area contributed by atoms with Crippen LogP contribution in [0.4, 0.5) is 10.1 Å². The minimum Gasteiger partial charge on any atom is -0.382 e. The minimum atomic E-state index is -0.411. The molecule has 0 spiro atoms. The van der Waals surface area contributed by atoms with Gasteiger partial charge in [-0.05, 0) is 25.1 Å². The predicted octanol–water partition coefficient (Wildman–Crippen LogP) is 2.70.